The first-order valence-electron chi connectivity index (χ1n) is 6.82. The first kappa shape index (κ1) is 14.9. The zero-order chi connectivity index (χ0) is 14.5. The van der Waals surface area contributed by atoms with E-state index in [9.17, 15) is 9.59 Å². The third-order valence-corrected chi connectivity index (χ3v) is 4.22. The van der Waals surface area contributed by atoms with Gasteiger partial charge in [0.25, 0.3) is 0 Å². The molecule has 1 aliphatic rings. The molecule has 2 heterocycles. The summed E-state index contributed by atoms with van der Waals surface area (Å²) in [6.07, 6.45) is 1.44. The van der Waals surface area contributed by atoms with Gasteiger partial charge in [-0.2, -0.15) is 0 Å². The zero-order valence-corrected chi connectivity index (χ0v) is 12.6. The molecule has 7 heteroatoms. The van der Waals surface area contributed by atoms with Crippen LogP contribution >= 0.6 is 11.3 Å². The number of carbonyl (C=O) groups is 2. The van der Waals surface area contributed by atoms with Crippen molar-refractivity contribution >= 4 is 28.3 Å². The van der Waals surface area contributed by atoms with E-state index in [4.69, 9.17) is 0 Å². The van der Waals surface area contributed by atoms with Gasteiger partial charge in [0, 0.05) is 44.4 Å². The summed E-state index contributed by atoms with van der Waals surface area (Å²) in [5.41, 5.74) is 0.932. The normalized spacial score (nSPS) is 18.7. The molecule has 2 N–H and O–H groups in total. The van der Waals surface area contributed by atoms with Crippen molar-refractivity contribution < 1.29 is 9.59 Å². The molecule has 0 radical (unpaired) electrons. The maximum atomic E-state index is 11.5. The van der Waals surface area contributed by atoms with E-state index >= 15 is 0 Å². The largest absolute Gasteiger partial charge is 0.355 e. The van der Waals surface area contributed by atoms with Crippen LogP contribution in [0.25, 0.3) is 0 Å². The van der Waals surface area contributed by atoms with Gasteiger partial charge in [-0.1, -0.05) is 0 Å². The molecule has 1 unspecified atom stereocenters. The lowest BCUT2D eigenvalue weighted by Gasteiger charge is -2.23. The van der Waals surface area contributed by atoms with E-state index in [1.165, 1.54) is 11.3 Å². The Morgan fingerprint density at radius 3 is 3.05 bits per heavy atom. The van der Waals surface area contributed by atoms with E-state index in [2.05, 4.69) is 15.6 Å². The summed E-state index contributed by atoms with van der Waals surface area (Å²) in [6, 6.07) is 0.299. The molecular formula is C13H20N4O2S. The smallest absolute Gasteiger partial charge is 0.225 e. The number of rotatable bonds is 5. The molecule has 0 aliphatic carbocycles. The van der Waals surface area contributed by atoms with Gasteiger partial charge in [-0.25, -0.2) is 4.98 Å². The quantitative estimate of drug-likeness (QED) is 0.846. The third-order valence-electron chi connectivity index (χ3n) is 3.30. The standard InChI is InChI=1S/C13H20N4O2S/c1-3-17(9(2)18)13-16-11(8-20-13)7-14-10-4-5-12(19)15-6-10/h8,10,14H,3-7H2,1-2H3,(H,15,19). The van der Waals surface area contributed by atoms with E-state index < -0.39 is 0 Å². The van der Waals surface area contributed by atoms with Gasteiger partial charge in [0.2, 0.25) is 11.8 Å². The van der Waals surface area contributed by atoms with Crippen LogP contribution in [-0.4, -0.2) is 35.9 Å². The van der Waals surface area contributed by atoms with Crippen molar-refractivity contribution in [1.82, 2.24) is 15.6 Å². The molecule has 1 saturated heterocycles. The van der Waals surface area contributed by atoms with Gasteiger partial charge < -0.3 is 10.6 Å². The topological polar surface area (TPSA) is 74.3 Å². The highest BCUT2D eigenvalue weighted by Gasteiger charge is 2.18. The average molecular weight is 296 g/mol. The molecular weight excluding hydrogens is 276 g/mol. The lowest BCUT2D eigenvalue weighted by Crippen LogP contribution is -2.45. The molecule has 1 atom stereocenters. The fraction of sp³-hybridized carbons (Fsp3) is 0.615. The van der Waals surface area contributed by atoms with Gasteiger partial charge in [0.1, 0.15) is 0 Å². The molecule has 110 valence electrons. The van der Waals surface area contributed by atoms with Crippen LogP contribution in [0.2, 0.25) is 0 Å². The van der Waals surface area contributed by atoms with Crippen molar-refractivity contribution in [3.05, 3.63) is 11.1 Å². The van der Waals surface area contributed by atoms with Crippen LogP contribution in [0.1, 0.15) is 32.4 Å². The van der Waals surface area contributed by atoms with E-state index in [1.807, 2.05) is 12.3 Å². The second-order valence-electron chi connectivity index (χ2n) is 4.81. The molecule has 0 aromatic carbocycles. The molecule has 1 aromatic heterocycles. The second kappa shape index (κ2) is 6.81. The Balaban J connectivity index is 1.86. The Labute approximate surface area is 122 Å². The fourth-order valence-corrected chi connectivity index (χ4v) is 3.08. The number of hydrogen-bond acceptors (Lipinski definition) is 5. The highest BCUT2D eigenvalue weighted by atomic mass is 32.1. The Morgan fingerprint density at radius 2 is 2.45 bits per heavy atom. The summed E-state index contributed by atoms with van der Waals surface area (Å²) in [5.74, 6) is 0.135. The summed E-state index contributed by atoms with van der Waals surface area (Å²) >= 11 is 1.48. The van der Waals surface area contributed by atoms with Crippen molar-refractivity contribution in [3.63, 3.8) is 0 Å². The molecule has 0 bridgehead atoms. The van der Waals surface area contributed by atoms with Crippen molar-refractivity contribution in [2.75, 3.05) is 18.0 Å². The molecule has 0 spiro atoms. The predicted octanol–water partition coefficient (Wildman–Crippen LogP) is 0.884. The minimum atomic E-state index is 0.0105. The van der Waals surface area contributed by atoms with E-state index in [-0.39, 0.29) is 11.8 Å². The van der Waals surface area contributed by atoms with Crippen LogP contribution < -0.4 is 15.5 Å². The molecule has 20 heavy (non-hydrogen) atoms. The highest BCUT2D eigenvalue weighted by molar-refractivity contribution is 7.14. The van der Waals surface area contributed by atoms with Crippen LogP contribution in [0.4, 0.5) is 5.13 Å². The number of piperidine rings is 1. The van der Waals surface area contributed by atoms with Crippen molar-refractivity contribution in [2.45, 2.75) is 39.3 Å². The van der Waals surface area contributed by atoms with Gasteiger partial charge in [-0.3, -0.25) is 14.5 Å². The Hall–Kier alpha value is -1.47. The van der Waals surface area contributed by atoms with E-state index in [1.54, 1.807) is 11.8 Å². The van der Waals surface area contributed by atoms with Gasteiger partial charge in [-0.05, 0) is 13.3 Å². The number of aromatic nitrogens is 1. The number of hydrogen-bond donors (Lipinski definition) is 2. The van der Waals surface area contributed by atoms with Gasteiger partial charge >= 0.3 is 0 Å². The van der Waals surface area contributed by atoms with Crippen LogP contribution in [0, 0.1) is 0 Å². The molecule has 6 nitrogen and oxygen atoms in total. The Kier molecular flexibility index (Phi) is 5.08. The summed E-state index contributed by atoms with van der Waals surface area (Å²) in [4.78, 5) is 28.7. The first-order valence-corrected chi connectivity index (χ1v) is 7.70. The number of amides is 2. The lowest BCUT2D eigenvalue weighted by molar-refractivity contribution is -0.122. The minimum absolute atomic E-state index is 0.0105. The van der Waals surface area contributed by atoms with Crippen molar-refractivity contribution in [2.24, 2.45) is 0 Å². The maximum absolute atomic E-state index is 11.5. The molecule has 2 rings (SSSR count). The number of nitrogens with one attached hydrogen (secondary N) is 2. The molecule has 1 aromatic rings. The van der Waals surface area contributed by atoms with Crippen LogP contribution in [-0.2, 0) is 16.1 Å². The van der Waals surface area contributed by atoms with Gasteiger partial charge in [-0.15, -0.1) is 11.3 Å². The average Bonchev–Trinajstić information content (AvgIpc) is 2.87. The Bertz CT molecular complexity index is 478. The van der Waals surface area contributed by atoms with Crippen LogP contribution in [0.15, 0.2) is 5.38 Å². The zero-order valence-electron chi connectivity index (χ0n) is 11.8. The van der Waals surface area contributed by atoms with E-state index in [0.29, 0.717) is 32.1 Å². The van der Waals surface area contributed by atoms with Gasteiger partial charge in [0.15, 0.2) is 5.13 Å². The molecule has 2 amide bonds. The number of nitrogens with zero attached hydrogens (tertiary/aromatic N) is 2. The third kappa shape index (κ3) is 3.77. The SMILES string of the molecule is CCN(C(C)=O)c1nc(CNC2CCC(=O)NC2)cs1. The first-order chi connectivity index (χ1) is 9.60. The number of thiazole rings is 1. The van der Waals surface area contributed by atoms with Crippen LogP contribution in [0.3, 0.4) is 0 Å². The summed E-state index contributed by atoms with van der Waals surface area (Å²) in [7, 11) is 0. The predicted molar refractivity (Wildman–Crippen MR) is 78.7 cm³/mol. The fourth-order valence-electron chi connectivity index (χ4n) is 2.15. The van der Waals surface area contributed by atoms with Crippen molar-refractivity contribution in [1.29, 1.82) is 0 Å². The second-order valence-corrected chi connectivity index (χ2v) is 5.64. The molecule has 1 aliphatic heterocycles. The minimum Gasteiger partial charge on any atom is -0.355 e. The molecule has 0 saturated carbocycles. The van der Waals surface area contributed by atoms with Gasteiger partial charge in [0.05, 0.1) is 5.69 Å². The summed E-state index contributed by atoms with van der Waals surface area (Å²) < 4.78 is 0. The van der Waals surface area contributed by atoms with Crippen LogP contribution in [0.5, 0.6) is 0 Å². The van der Waals surface area contributed by atoms with Crippen molar-refractivity contribution in [3.8, 4) is 0 Å². The summed E-state index contributed by atoms with van der Waals surface area (Å²) in [5, 5.41) is 8.94. The lowest BCUT2D eigenvalue weighted by atomic mass is 10.1. The number of carbonyl (C=O) groups excluding carboxylic acids is 2. The maximum Gasteiger partial charge on any atom is 0.225 e. The summed E-state index contributed by atoms with van der Waals surface area (Å²) in [6.45, 7) is 5.44. The molecule has 1 fully saturated rings. The Morgan fingerprint density at radius 1 is 1.65 bits per heavy atom. The van der Waals surface area contributed by atoms with E-state index in [0.717, 1.165) is 17.2 Å². The highest BCUT2D eigenvalue weighted by Crippen LogP contribution is 2.20. The number of anilines is 1. The monoisotopic (exact) mass is 296 g/mol.